The van der Waals surface area contributed by atoms with Crippen molar-refractivity contribution < 1.29 is 9.53 Å². The van der Waals surface area contributed by atoms with E-state index >= 15 is 0 Å². The second-order valence-corrected chi connectivity index (χ2v) is 6.83. The average Bonchev–Trinajstić information content (AvgIpc) is 2.56. The van der Waals surface area contributed by atoms with Crippen molar-refractivity contribution in [2.75, 3.05) is 27.2 Å². The number of hydrogen-bond donors (Lipinski definition) is 1. The first-order valence-electron chi connectivity index (χ1n) is 7.56. The molecule has 0 radical (unpaired) electrons. The fraction of sp³-hybridized carbons (Fsp3) is 0.278. The molecule has 0 aliphatic heterocycles. The maximum Gasteiger partial charge on any atom is 0.251 e. The molecule has 4 nitrogen and oxygen atoms in total. The third-order valence-electron chi connectivity index (χ3n) is 3.39. The first-order valence-corrected chi connectivity index (χ1v) is 8.73. The van der Waals surface area contributed by atoms with E-state index in [2.05, 4.69) is 26.1 Å². The Morgan fingerprint density at radius 2 is 2.00 bits per heavy atom. The maximum atomic E-state index is 12.3. The summed E-state index contributed by atoms with van der Waals surface area (Å²) >= 11 is 9.28. The van der Waals surface area contributed by atoms with Crippen LogP contribution >= 0.6 is 27.5 Å². The van der Waals surface area contributed by atoms with Crippen molar-refractivity contribution in [3.05, 3.63) is 63.1 Å². The quantitative estimate of drug-likeness (QED) is 0.749. The van der Waals surface area contributed by atoms with E-state index in [-0.39, 0.29) is 5.91 Å². The van der Waals surface area contributed by atoms with Gasteiger partial charge in [0.15, 0.2) is 0 Å². The van der Waals surface area contributed by atoms with Crippen LogP contribution in [-0.2, 0) is 6.54 Å². The van der Waals surface area contributed by atoms with Gasteiger partial charge in [-0.05, 0) is 54.3 Å². The van der Waals surface area contributed by atoms with Crippen molar-refractivity contribution in [1.82, 2.24) is 10.2 Å². The Morgan fingerprint density at radius 1 is 1.25 bits per heavy atom. The molecule has 0 fully saturated rings. The number of rotatable bonds is 7. The molecule has 2 rings (SSSR count). The fourth-order valence-electron chi connectivity index (χ4n) is 2.04. The van der Waals surface area contributed by atoms with Crippen molar-refractivity contribution >= 4 is 33.4 Å². The Morgan fingerprint density at radius 3 is 2.71 bits per heavy atom. The molecule has 2 aromatic carbocycles. The van der Waals surface area contributed by atoms with Gasteiger partial charge in [0.25, 0.3) is 5.91 Å². The second-order valence-electron chi connectivity index (χ2n) is 5.57. The lowest BCUT2D eigenvalue weighted by Crippen LogP contribution is -2.24. The van der Waals surface area contributed by atoms with Gasteiger partial charge in [-0.2, -0.15) is 0 Å². The van der Waals surface area contributed by atoms with Crippen LogP contribution in [0.4, 0.5) is 0 Å². The molecule has 0 aliphatic rings. The van der Waals surface area contributed by atoms with Gasteiger partial charge < -0.3 is 15.0 Å². The molecule has 2 aromatic rings. The molecule has 0 unspecified atom stereocenters. The van der Waals surface area contributed by atoms with Gasteiger partial charge in [-0.1, -0.05) is 29.8 Å². The zero-order valence-corrected chi connectivity index (χ0v) is 16.0. The molecule has 1 amide bonds. The predicted octanol–water partition coefficient (Wildman–Crippen LogP) is 3.97. The SMILES string of the molecule is CN(C)CCOc1ccccc1CNC(=O)c1ccc(Cl)c(Br)c1. The molecule has 24 heavy (non-hydrogen) atoms. The number of likely N-dealkylation sites (N-methyl/N-ethyl adjacent to an activating group) is 1. The van der Waals surface area contributed by atoms with E-state index in [1.165, 1.54) is 0 Å². The number of hydrogen-bond acceptors (Lipinski definition) is 3. The lowest BCUT2D eigenvalue weighted by atomic mass is 10.1. The summed E-state index contributed by atoms with van der Waals surface area (Å²) in [5.41, 5.74) is 1.50. The Bertz CT molecular complexity index is 707. The minimum Gasteiger partial charge on any atom is -0.492 e. The first-order chi connectivity index (χ1) is 11.5. The maximum absolute atomic E-state index is 12.3. The third-order valence-corrected chi connectivity index (χ3v) is 4.60. The number of amides is 1. The topological polar surface area (TPSA) is 41.6 Å². The average molecular weight is 412 g/mol. The number of benzene rings is 2. The minimum atomic E-state index is -0.157. The first kappa shape index (κ1) is 18.8. The van der Waals surface area contributed by atoms with Gasteiger partial charge in [0.05, 0.1) is 5.02 Å². The van der Waals surface area contributed by atoms with E-state index in [0.29, 0.717) is 28.2 Å². The second kappa shape index (κ2) is 9.06. The van der Waals surface area contributed by atoms with Crippen molar-refractivity contribution in [2.45, 2.75) is 6.54 Å². The summed E-state index contributed by atoms with van der Waals surface area (Å²) in [5, 5.41) is 3.48. The zero-order valence-electron chi connectivity index (χ0n) is 13.7. The molecule has 0 saturated carbocycles. The molecular weight excluding hydrogens is 392 g/mol. The summed E-state index contributed by atoms with van der Waals surface area (Å²) in [6.45, 7) is 1.83. The molecule has 0 saturated heterocycles. The van der Waals surface area contributed by atoms with E-state index in [4.69, 9.17) is 16.3 Å². The van der Waals surface area contributed by atoms with Gasteiger partial charge in [0, 0.05) is 28.7 Å². The highest BCUT2D eigenvalue weighted by Gasteiger charge is 2.09. The van der Waals surface area contributed by atoms with Crippen LogP contribution in [0.1, 0.15) is 15.9 Å². The molecule has 0 bridgehead atoms. The molecule has 0 atom stereocenters. The Hall–Kier alpha value is -1.56. The highest BCUT2D eigenvalue weighted by Crippen LogP contribution is 2.23. The summed E-state index contributed by atoms with van der Waals surface area (Å²) in [6, 6.07) is 12.8. The molecule has 128 valence electrons. The molecule has 0 aliphatic carbocycles. The minimum absolute atomic E-state index is 0.157. The Balaban J connectivity index is 1.98. The van der Waals surface area contributed by atoms with Gasteiger partial charge in [0.1, 0.15) is 12.4 Å². The molecule has 0 aromatic heterocycles. The molecule has 0 spiro atoms. The van der Waals surface area contributed by atoms with Gasteiger partial charge in [0.2, 0.25) is 0 Å². The van der Waals surface area contributed by atoms with Crippen LogP contribution in [0.5, 0.6) is 5.75 Å². The van der Waals surface area contributed by atoms with Crippen molar-refractivity contribution in [1.29, 1.82) is 0 Å². The molecule has 0 heterocycles. The van der Waals surface area contributed by atoms with Crippen LogP contribution in [0.25, 0.3) is 0 Å². The van der Waals surface area contributed by atoms with Crippen LogP contribution in [0, 0.1) is 0 Å². The van der Waals surface area contributed by atoms with E-state index < -0.39 is 0 Å². The van der Waals surface area contributed by atoms with E-state index in [1.807, 2.05) is 38.4 Å². The third kappa shape index (κ3) is 5.51. The van der Waals surface area contributed by atoms with Gasteiger partial charge >= 0.3 is 0 Å². The van der Waals surface area contributed by atoms with Gasteiger partial charge in [-0.3, -0.25) is 4.79 Å². The Kier molecular flexibility index (Phi) is 7.09. The van der Waals surface area contributed by atoms with Gasteiger partial charge in [-0.25, -0.2) is 0 Å². The fourth-order valence-corrected chi connectivity index (χ4v) is 2.54. The smallest absolute Gasteiger partial charge is 0.251 e. The summed E-state index contributed by atoms with van der Waals surface area (Å²) in [5.74, 6) is 0.632. The van der Waals surface area contributed by atoms with Crippen LogP contribution < -0.4 is 10.1 Å². The number of nitrogens with zero attached hydrogens (tertiary/aromatic N) is 1. The summed E-state index contributed by atoms with van der Waals surface area (Å²) in [4.78, 5) is 14.3. The molecule has 1 N–H and O–H groups in total. The summed E-state index contributed by atoms with van der Waals surface area (Å²) < 4.78 is 6.50. The predicted molar refractivity (Wildman–Crippen MR) is 101 cm³/mol. The van der Waals surface area contributed by atoms with Crippen LogP contribution in [0.15, 0.2) is 46.9 Å². The normalized spacial score (nSPS) is 10.7. The van der Waals surface area contributed by atoms with Crippen molar-refractivity contribution in [3.8, 4) is 5.75 Å². The highest BCUT2D eigenvalue weighted by molar-refractivity contribution is 9.10. The number of para-hydroxylation sites is 1. The summed E-state index contributed by atoms with van der Waals surface area (Å²) in [7, 11) is 4.00. The largest absolute Gasteiger partial charge is 0.492 e. The van der Waals surface area contributed by atoms with Crippen LogP contribution in [0.2, 0.25) is 5.02 Å². The van der Waals surface area contributed by atoms with E-state index in [0.717, 1.165) is 17.9 Å². The number of carbonyl (C=O) groups is 1. The van der Waals surface area contributed by atoms with Crippen molar-refractivity contribution in [2.24, 2.45) is 0 Å². The monoisotopic (exact) mass is 410 g/mol. The van der Waals surface area contributed by atoms with Gasteiger partial charge in [-0.15, -0.1) is 0 Å². The number of carbonyl (C=O) groups excluding carboxylic acids is 1. The van der Waals surface area contributed by atoms with Crippen LogP contribution in [0.3, 0.4) is 0 Å². The van der Waals surface area contributed by atoms with Crippen LogP contribution in [-0.4, -0.2) is 38.1 Å². The summed E-state index contributed by atoms with van der Waals surface area (Å²) in [6.07, 6.45) is 0. The molecule has 6 heteroatoms. The lowest BCUT2D eigenvalue weighted by molar-refractivity contribution is 0.0950. The number of ether oxygens (including phenoxy) is 1. The zero-order chi connectivity index (χ0) is 17.5. The Labute approximate surface area is 155 Å². The highest BCUT2D eigenvalue weighted by atomic mass is 79.9. The van der Waals surface area contributed by atoms with E-state index in [1.54, 1.807) is 18.2 Å². The molecular formula is C18H20BrClN2O2. The standard InChI is InChI=1S/C18H20BrClN2O2/c1-22(2)9-10-24-17-6-4-3-5-14(17)12-21-18(23)13-7-8-16(20)15(19)11-13/h3-8,11H,9-10,12H2,1-2H3,(H,21,23). The van der Waals surface area contributed by atoms with Crippen molar-refractivity contribution in [3.63, 3.8) is 0 Å². The van der Waals surface area contributed by atoms with E-state index in [9.17, 15) is 4.79 Å². The number of halogens is 2. The number of nitrogens with one attached hydrogen (secondary N) is 1. The lowest BCUT2D eigenvalue weighted by Gasteiger charge is -2.14.